The standard InChI is InChI=1S/C28H38F2N2O4/c1-4-19(17-26(33)34)20-10-15-25(32(18-28(2,3)35)22-8-6-5-7-9-22)24(16-20)31-21-11-13-23(14-12-21)36-27(29)30/h10-16,19,22,27,31,35H,4-9,17-18H2,1-3H3,(H,33,34)/t19-/m0/s1. The molecule has 1 fully saturated rings. The summed E-state index contributed by atoms with van der Waals surface area (Å²) in [5, 5.41) is 23.6. The number of alkyl halides is 2. The summed E-state index contributed by atoms with van der Waals surface area (Å²) < 4.78 is 29.6. The number of ether oxygens (including phenoxy) is 1. The number of benzene rings is 2. The zero-order chi connectivity index (χ0) is 26.3. The molecule has 36 heavy (non-hydrogen) atoms. The summed E-state index contributed by atoms with van der Waals surface area (Å²) >= 11 is 0. The number of carboxylic acids is 1. The lowest BCUT2D eigenvalue weighted by Gasteiger charge is -2.40. The van der Waals surface area contributed by atoms with Crippen molar-refractivity contribution < 1.29 is 28.5 Å². The Morgan fingerprint density at radius 3 is 2.36 bits per heavy atom. The van der Waals surface area contributed by atoms with E-state index < -0.39 is 18.2 Å². The summed E-state index contributed by atoms with van der Waals surface area (Å²) in [6, 6.07) is 12.6. The number of halogens is 2. The first kappa shape index (κ1) is 27.7. The summed E-state index contributed by atoms with van der Waals surface area (Å²) in [4.78, 5) is 13.7. The molecular formula is C28H38F2N2O4. The molecule has 1 aliphatic rings. The number of aliphatic carboxylic acids is 1. The second-order valence-electron chi connectivity index (χ2n) is 10.2. The summed E-state index contributed by atoms with van der Waals surface area (Å²) in [7, 11) is 0. The molecule has 0 aliphatic heterocycles. The summed E-state index contributed by atoms with van der Waals surface area (Å²) in [5.41, 5.74) is 2.39. The Labute approximate surface area is 212 Å². The molecule has 1 aliphatic carbocycles. The highest BCUT2D eigenvalue weighted by atomic mass is 19.3. The van der Waals surface area contributed by atoms with Crippen LogP contribution >= 0.6 is 0 Å². The van der Waals surface area contributed by atoms with Crippen molar-refractivity contribution in [2.75, 3.05) is 16.8 Å². The highest BCUT2D eigenvalue weighted by molar-refractivity contribution is 5.77. The summed E-state index contributed by atoms with van der Waals surface area (Å²) in [5.74, 6) is -0.917. The molecule has 2 aromatic rings. The fraction of sp³-hybridized carbons (Fsp3) is 0.536. The average Bonchev–Trinajstić information content (AvgIpc) is 2.82. The lowest BCUT2D eigenvalue weighted by molar-refractivity contribution is -0.137. The molecule has 1 saturated carbocycles. The summed E-state index contributed by atoms with van der Waals surface area (Å²) in [6.45, 7) is 3.12. The number of aliphatic hydroxyl groups is 1. The molecule has 0 saturated heterocycles. The Bertz CT molecular complexity index is 986. The molecule has 0 heterocycles. The van der Waals surface area contributed by atoms with Crippen LogP contribution in [0.4, 0.5) is 25.8 Å². The summed E-state index contributed by atoms with van der Waals surface area (Å²) in [6.07, 6.45) is 6.26. The third-order valence-corrected chi connectivity index (χ3v) is 6.65. The van der Waals surface area contributed by atoms with Crippen LogP contribution in [0.5, 0.6) is 5.75 Å². The molecule has 0 unspecified atom stereocenters. The van der Waals surface area contributed by atoms with Crippen LogP contribution in [-0.4, -0.2) is 41.0 Å². The van der Waals surface area contributed by atoms with Crippen LogP contribution in [0.3, 0.4) is 0 Å². The molecule has 0 spiro atoms. The third-order valence-electron chi connectivity index (χ3n) is 6.65. The van der Waals surface area contributed by atoms with Crippen LogP contribution < -0.4 is 15.0 Å². The van der Waals surface area contributed by atoms with Gasteiger partial charge in [0.05, 0.1) is 23.4 Å². The molecule has 0 radical (unpaired) electrons. The van der Waals surface area contributed by atoms with Gasteiger partial charge in [-0.15, -0.1) is 0 Å². The molecule has 3 N–H and O–H groups in total. The van der Waals surface area contributed by atoms with Crippen LogP contribution in [0.1, 0.15) is 77.2 Å². The number of hydrogen-bond acceptors (Lipinski definition) is 5. The maximum absolute atomic E-state index is 12.6. The van der Waals surface area contributed by atoms with Gasteiger partial charge in [0.2, 0.25) is 0 Å². The Hall–Kier alpha value is -2.87. The van der Waals surface area contributed by atoms with Crippen molar-refractivity contribution >= 4 is 23.0 Å². The van der Waals surface area contributed by atoms with Crippen LogP contribution in [0.2, 0.25) is 0 Å². The number of carbonyl (C=O) groups is 1. The number of carboxylic acid groups (broad SMARTS) is 1. The Morgan fingerprint density at radius 2 is 1.81 bits per heavy atom. The second-order valence-corrected chi connectivity index (χ2v) is 10.2. The van der Waals surface area contributed by atoms with Crippen molar-refractivity contribution in [1.29, 1.82) is 0 Å². The monoisotopic (exact) mass is 504 g/mol. The Kier molecular flexibility index (Phi) is 9.54. The van der Waals surface area contributed by atoms with Gasteiger partial charge in [-0.3, -0.25) is 4.79 Å². The van der Waals surface area contributed by atoms with Gasteiger partial charge in [0.15, 0.2) is 0 Å². The minimum Gasteiger partial charge on any atom is -0.481 e. The quantitative estimate of drug-likeness (QED) is 0.291. The molecule has 1 atom stereocenters. The van der Waals surface area contributed by atoms with Crippen LogP contribution in [-0.2, 0) is 4.79 Å². The van der Waals surface area contributed by atoms with E-state index in [4.69, 9.17) is 0 Å². The number of rotatable bonds is 12. The Balaban J connectivity index is 2.02. The van der Waals surface area contributed by atoms with Crippen molar-refractivity contribution in [2.45, 2.75) is 89.9 Å². The van der Waals surface area contributed by atoms with E-state index in [9.17, 15) is 23.8 Å². The number of nitrogens with one attached hydrogen (secondary N) is 1. The van der Waals surface area contributed by atoms with Crippen molar-refractivity contribution in [3.63, 3.8) is 0 Å². The predicted octanol–water partition coefficient (Wildman–Crippen LogP) is 6.91. The van der Waals surface area contributed by atoms with E-state index in [1.54, 1.807) is 26.0 Å². The van der Waals surface area contributed by atoms with E-state index in [0.29, 0.717) is 18.7 Å². The first-order chi connectivity index (χ1) is 17.1. The number of anilines is 3. The fourth-order valence-electron chi connectivity index (χ4n) is 4.96. The minimum absolute atomic E-state index is 0.0327. The van der Waals surface area contributed by atoms with Gasteiger partial charge in [-0.25, -0.2) is 0 Å². The molecule has 2 aromatic carbocycles. The van der Waals surface area contributed by atoms with Gasteiger partial charge in [0, 0.05) is 18.3 Å². The van der Waals surface area contributed by atoms with Crippen LogP contribution in [0.25, 0.3) is 0 Å². The normalized spacial score (nSPS) is 15.5. The number of nitrogens with zero attached hydrogens (tertiary/aromatic N) is 1. The molecule has 8 heteroatoms. The van der Waals surface area contributed by atoms with E-state index >= 15 is 0 Å². The highest BCUT2D eigenvalue weighted by Gasteiger charge is 2.29. The van der Waals surface area contributed by atoms with Crippen molar-refractivity contribution in [1.82, 2.24) is 0 Å². The fourth-order valence-corrected chi connectivity index (χ4v) is 4.96. The second kappa shape index (κ2) is 12.4. The van der Waals surface area contributed by atoms with Crippen molar-refractivity contribution in [2.24, 2.45) is 0 Å². The predicted molar refractivity (Wildman–Crippen MR) is 139 cm³/mol. The van der Waals surface area contributed by atoms with Gasteiger partial charge in [-0.05, 0) is 81.0 Å². The zero-order valence-corrected chi connectivity index (χ0v) is 21.3. The smallest absolute Gasteiger partial charge is 0.387 e. The van der Waals surface area contributed by atoms with Gasteiger partial charge >= 0.3 is 12.6 Å². The molecule has 6 nitrogen and oxygen atoms in total. The molecule has 3 rings (SSSR count). The van der Waals surface area contributed by atoms with E-state index in [2.05, 4.69) is 15.0 Å². The van der Waals surface area contributed by atoms with Crippen molar-refractivity contribution in [3.05, 3.63) is 48.0 Å². The van der Waals surface area contributed by atoms with Gasteiger partial charge < -0.3 is 25.2 Å². The average molecular weight is 505 g/mol. The van der Waals surface area contributed by atoms with Gasteiger partial charge in [0.25, 0.3) is 0 Å². The van der Waals surface area contributed by atoms with Crippen LogP contribution in [0.15, 0.2) is 42.5 Å². The third kappa shape index (κ3) is 8.08. The maximum atomic E-state index is 12.6. The lowest BCUT2D eigenvalue weighted by Crippen LogP contribution is -2.45. The minimum atomic E-state index is -2.89. The van der Waals surface area contributed by atoms with Crippen LogP contribution in [0, 0.1) is 0 Å². The first-order valence-electron chi connectivity index (χ1n) is 12.7. The topological polar surface area (TPSA) is 82.0 Å². The van der Waals surface area contributed by atoms with E-state index in [1.165, 1.54) is 18.6 Å². The molecule has 198 valence electrons. The largest absolute Gasteiger partial charge is 0.481 e. The van der Waals surface area contributed by atoms with Gasteiger partial charge in [-0.1, -0.05) is 32.3 Å². The van der Waals surface area contributed by atoms with Gasteiger partial charge in [-0.2, -0.15) is 8.78 Å². The van der Waals surface area contributed by atoms with E-state index in [0.717, 1.165) is 42.6 Å². The maximum Gasteiger partial charge on any atom is 0.387 e. The van der Waals surface area contributed by atoms with Crippen molar-refractivity contribution in [3.8, 4) is 5.75 Å². The lowest BCUT2D eigenvalue weighted by atomic mass is 9.90. The molecule has 0 aromatic heterocycles. The zero-order valence-electron chi connectivity index (χ0n) is 21.3. The molecule has 0 amide bonds. The Morgan fingerprint density at radius 1 is 1.14 bits per heavy atom. The molecule has 0 bridgehead atoms. The molecular weight excluding hydrogens is 466 g/mol. The van der Waals surface area contributed by atoms with E-state index in [1.807, 2.05) is 25.1 Å². The number of hydrogen-bond donors (Lipinski definition) is 3. The first-order valence-corrected chi connectivity index (χ1v) is 12.7. The van der Waals surface area contributed by atoms with E-state index in [-0.39, 0.29) is 24.1 Å². The highest BCUT2D eigenvalue weighted by Crippen LogP contribution is 2.38. The SMILES string of the molecule is CC[C@@H](CC(=O)O)c1ccc(N(CC(C)(C)O)C2CCCCC2)c(Nc2ccc(OC(F)F)cc2)c1. The van der Waals surface area contributed by atoms with Gasteiger partial charge in [0.1, 0.15) is 5.75 Å².